The normalized spacial score (nSPS) is 34.9. The average Bonchev–Trinajstić information content (AvgIpc) is 2.40. The Hall–Kier alpha value is -1.55. The Balaban J connectivity index is 1.95. The van der Waals surface area contributed by atoms with Gasteiger partial charge in [0.05, 0.1) is 12.0 Å². The molecule has 2 aliphatic rings. The molecule has 0 amide bonds. The number of carboxylic acids is 1. The number of carbonyl (C=O) groups is 1. The van der Waals surface area contributed by atoms with E-state index in [2.05, 4.69) is 0 Å². The summed E-state index contributed by atoms with van der Waals surface area (Å²) in [5.74, 6) is -0.231. The molecule has 1 aromatic rings. The van der Waals surface area contributed by atoms with Crippen LogP contribution in [0.25, 0.3) is 0 Å². The van der Waals surface area contributed by atoms with E-state index in [-0.39, 0.29) is 24.0 Å². The first kappa shape index (κ1) is 14.4. The molecule has 114 valence electrons. The summed E-state index contributed by atoms with van der Waals surface area (Å²) in [4.78, 5) is 11.2. The molecule has 4 heteroatoms. The van der Waals surface area contributed by atoms with Crippen molar-refractivity contribution < 1.29 is 20.1 Å². The van der Waals surface area contributed by atoms with Crippen LogP contribution < -0.4 is 0 Å². The van der Waals surface area contributed by atoms with E-state index in [9.17, 15) is 20.1 Å². The molecular formula is C17H22O4. The second kappa shape index (κ2) is 5.02. The number of rotatable bonds is 2. The number of aliphatic carboxylic acids is 1. The molecule has 0 spiro atoms. The van der Waals surface area contributed by atoms with E-state index < -0.39 is 11.6 Å². The summed E-state index contributed by atoms with van der Waals surface area (Å²) in [6.45, 7) is 1.78. The summed E-state index contributed by atoms with van der Waals surface area (Å²) in [5, 5.41) is 29.4. The number of phenolic OH excluding ortho intramolecular Hbond substituents is 1. The van der Waals surface area contributed by atoms with Crippen LogP contribution in [0.2, 0.25) is 0 Å². The Kier molecular flexibility index (Phi) is 3.44. The predicted octanol–water partition coefficient (Wildman–Crippen LogP) is 2.67. The van der Waals surface area contributed by atoms with Gasteiger partial charge >= 0.3 is 5.97 Å². The Morgan fingerprint density at radius 3 is 2.86 bits per heavy atom. The Labute approximate surface area is 124 Å². The minimum atomic E-state index is -0.895. The molecule has 0 aliphatic heterocycles. The van der Waals surface area contributed by atoms with Crippen LogP contribution in [0.3, 0.4) is 0 Å². The number of aryl methyl sites for hydroxylation is 1. The number of hydrogen-bond acceptors (Lipinski definition) is 3. The molecule has 3 N–H and O–H groups in total. The van der Waals surface area contributed by atoms with Crippen LogP contribution in [0.1, 0.15) is 49.7 Å². The van der Waals surface area contributed by atoms with E-state index in [0.717, 1.165) is 19.3 Å². The highest BCUT2D eigenvalue weighted by Gasteiger charge is 2.48. The largest absolute Gasteiger partial charge is 0.508 e. The van der Waals surface area contributed by atoms with Crippen molar-refractivity contribution in [1.82, 2.24) is 0 Å². The smallest absolute Gasteiger partial charge is 0.303 e. The van der Waals surface area contributed by atoms with Gasteiger partial charge in [0.25, 0.3) is 0 Å². The van der Waals surface area contributed by atoms with Crippen LogP contribution >= 0.6 is 0 Å². The number of benzene rings is 1. The molecule has 0 saturated heterocycles. The van der Waals surface area contributed by atoms with Crippen molar-refractivity contribution >= 4 is 5.97 Å². The summed E-state index contributed by atoms with van der Waals surface area (Å²) in [6.07, 6.45) is 3.27. The maximum absolute atomic E-state index is 11.2. The third-order valence-corrected chi connectivity index (χ3v) is 5.46. The van der Waals surface area contributed by atoms with Crippen LogP contribution in [0.15, 0.2) is 18.2 Å². The fourth-order valence-corrected chi connectivity index (χ4v) is 4.43. The van der Waals surface area contributed by atoms with Gasteiger partial charge in [-0.15, -0.1) is 0 Å². The van der Waals surface area contributed by atoms with Gasteiger partial charge < -0.3 is 15.3 Å². The van der Waals surface area contributed by atoms with E-state index in [1.165, 1.54) is 11.1 Å². The molecule has 1 saturated carbocycles. The molecule has 0 aromatic heterocycles. The lowest BCUT2D eigenvalue weighted by Crippen LogP contribution is -2.47. The summed E-state index contributed by atoms with van der Waals surface area (Å²) in [6, 6.07) is 5.50. The topological polar surface area (TPSA) is 77.8 Å². The second-order valence-electron chi connectivity index (χ2n) is 6.79. The van der Waals surface area contributed by atoms with Crippen molar-refractivity contribution in [2.24, 2.45) is 11.8 Å². The first-order valence-electron chi connectivity index (χ1n) is 7.64. The summed E-state index contributed by atoms with van der Waals surface area (Å²) >= 11 is 0. The SMILES string of the molecule is C[C@]1(O)CCC2c3ccc(O)cc3CCC2C1CC(=O)O. The number of fused-ring (bicyclic) bond motifs is 3. The quantitative estimate of drug-likeness (QED) is 0.782. The highest BCUT2D eigenvalue weighted by Crippen LogP contribution is 2.52. The lowest BCUT2D eigenvalue weighted by molar-refractivity contribution is -0.145. The first-order chi connectivity index (χ1) is 9.88. The van der Waals surface area contributed by atoms with Gasteiger partial charge in [-0.3, -0.25) is 4.79 Å². The maximum Gasteiger partial charge on any atom is 0.303 e. The molecule has 1 aromatic carbocycles. The number of aromatic hydroxyl groups is 1. The van der Waals surface area contributed by atoms with Crippen LogP contribution in [-0.4, -0.2) is 26.9 Å². The van der Waals surface area contributed by atoms with Crippen LogP contribution in [0.5, 0.6) is 5.75 Å². The minimum Gasteiger partial charge on any atom is -0.508 e. The van der Waals surface area contributed by atoms with Crippen LogP contribution in [0.4, 0.5) is 0 Å². The van der Waals surface area contributed by atoms with E-state index in [1.807, 2.05) is 12.1 Å². The molecule has 1 fully saturated rings. The van der Waals surface area contributed by atoms with E-state index in [1.54, 1.807) is 13.0 Å². The molecule has 4 nitrogen and oxygen atoms in total. The lowest BCUT2D eigenvalue weighted by Gasteiger charge is -2.49. The predicted molar refractivity (Wildman–Crippen MR) is 78.3 cm³/mol. The first-order valence-corrected chi connectivity index (χ1v) is 7.64. The van der Waals surface area contributed by atoms with Gasteiger partial charge in [0, 0.05) is 5.92 Å². The maximum atomic E-state index is 11.2. The molecule has 2 aliphatic carbocycles. The van der Waals surface area contributed by atoms with Gasteiger partial charge in [0.1, 0.15) is 5.75 Å². The van der Waals surface area contributed by atoms with E-state index in [0.29, 0.717) is 12.3 Å². The van der Waals surface area contributed by atoms with Crippen molar-refractivity contribution in [3.8, 4) is 5.75 Å². The van der Waals surface area contributed by atoms with Gasteiger partial charge in [0.2, 0.25) is 0 Å². The molecular weight excluding hydrogens is 268 g/mol. The number of phenols is 1. The summed E-state index contributed by atoms with van der Waals surface area (Å²) in [5.41, 5.74) is 1.51. The monoisotopic (exact) mass is 290 g/mol. The zero-order chi connectivity index (χ0) is 15.2. The van der Waals surface area contributed by atoms with Crippen LogP contribution in [0, 0.1) is 11.8 Å². The minimum absolute atomic E-state index is 0.0293. The molecule has 3 unspecified atom stereocenters. The van der Waals surface area contributed by atoms with Gasteiger partial charge in [0.15, 0.2) is 0 Å². The van der Waals surface area contributed by atoms with E-state index >= 15 is 0 Å². The second-order valence-corrected chi connectivity index (χ2v) is 6.79. The number of aliphatic hydroxyl groups is 1. The van der Waals surface area contributed by atoms with Crippen molar-refractivity contribution in [2.75, 3.05) is 0 Å². The molecule has 3 rings (SSSR count). The third kappa shape index (κ3) is 2.53. The highest BCUT2D eigenvalue weighted by atomic mass is 16.4. The zero-order valence-electron chi connectivity index (χ0n) is 12.2. The fourth-order valence-electron chi connectivity index (χ4n) is 4.43. The van der Waals surface area contributed by atoms with Crippen LogP contribution in [-0.2, 0) is 11.2 Å². The summed E-state index contributed by atoms with van der Waals surface area (Å²) in [7, 11) is 0. The molecule has 0 bridgehead atoms. The van der Waals surface area contributed by atoms with Gasteiger partial charge in [-0.2, -0.15) is 0 Å². The van der Waals surface area contributed by atoms with Crippen molar-refractivity contribution in [3.63, 3.8) is 0 Å². The standard InChI is InChI=1S/C17H22O4/c1-17(21)7-6-13-12-5-3-11(18)8-10(12)2-4-14(13)15(17)9-16(19)20/h3,5,8,13-15,18,21H,2,4,6-7,9H2,1H3,(H,19,20)/t13?,14?,15?,17-/m0/s1. The fraction of sp³-hybridized carbons (Fsp3) is 0.588. The molecule has 21 heavy (non-hydrogen) atoms. The summed E-state index contributed by atoms with van der Waals surface area (Å²) < 4.78 is 0. The van der Waals surface area contributed by atoms with Gasteiger partial charge in [-0.1, -0.05) is 6.07 Å². The zero-order valence-corrected chi connectivity index (χ0v) is 12.2. The molecule has 0 radical (unpaired) electrons. The lowest BCUT2D eigenvalue weighted by atomic mass is 9.58. The van der Waals surface area contributed by atoms with Crippen molar-refractivity contribution in [1.29, 1.82) is 0 Å². The van der Waals surface area contributed by atoms with Crippen molar-refractivity contribution in [2.45, 2.75) is 50.5 Å². The average molecular weight is 290 g/mol. The molecule has 0 heterocycles. The molecule has 4 atom stereocenters. The Bertz CT molecular complexity index is 564. The highest BCUT2D eigenvalue weighted by molar-refractivity contribution is 5.67. The Morgan fingerprint density at radius 1 is 1.38 bits per heavy atom. The van der Waals surface area contributed by atoms with Gasteiger partial charge in [-0.05, 0) is 67.7 Å². The number of carboxylic acid groups (broad SMARTS) is 1. The Morgan fingerprint density at radius 2 is 2.14 bits per heavy atom. The van der Waals surface area contributed by atoms with E-state index in [4.69, 9.17) is 0 Å². The third-order valence-electron chi connectivity index (χ3n) is 5.46. The number of hydrogen-bond donors (Lipinski definition) is 3. The van der Waals surface area contributed by atoms with Crippen molar-refractivity contribution in [3.05, 3.63) is 29.3 Å². The van der Waals surface area contributed by atoms with Gasteiger partial charge in [-0.25, -0.2) is 0 Å².